The van der Waals surface area contributed by atoms with Crippen molar-refractivity contribution in [3.63, 3.8) is 0 Å². The van der Waals surface area contributed by atoms with Gasteiger partial charge < -0.3 is 14.6 Å². The second-order valence-corrected chi connectivity index (χ2v) is 7.21. The number of fused-ring (bicyclic) bond motifs is 1. The van der Waals surface area contributed by atoms with Gasteiger partial charge in [-0.3, -0.25) is 0 Å². The number of ether oxygens (including phenoxy) is 2. The summed E-state index contributed by atoms with van der Waals surface area (Å²) in [6.45, 7) is 10.5. The van der Waals surface area contributed by atoms with Gasteiger partial charge in [0, 0.05) is 5.56 Å². The molecule has 1 atom stereocenters. The number of hydrogen-bond donors (Lipinski definition) is 1. The van der Waals surface area contributed by atoms with Crippen LogP contribution in [0.1, 0.15) is 41.7 Å². The second kappa shape index (κ2) is 5.91. The van der Waals surface area contributed by atoms with Gasteiger partial charge in [0.05, 0.1) is 13.2 Å². The minimum Gasteiger partial charge on any atom is -0.484 e. The number of aliphatic hydroxyl groups excluding tert-OH is 1. The van der Waals surface area contributed by atoms with Gasteiger partial charge in [-0.2, -0.15) is 0 Å². The SMILES string of the molecule is Cc1cc(C)c2c(c1C)OC(C)(C)C2(CO)OCc1ccccc1. The van der Waals surface area contributed by atoms with Crippen LogP contribution in [0.15, 0.2) is 36.4 Å². The topological polar surface area (TPSA) is 38.7 Å². The third-order valence-corrected chi connectivity index (χ3v) is 5.27. The van der Waals surface area contributed by atoms with Crippen molar-refractivity contribution < 1.29 is 14.6 Å². The Kier molecular flexibility index (Phi) is 4.18. The van der Waals surface area contributed by atoms with Crippen LogP contribution in [0.25, 0.3) is 0 Å². The van der Waals surface area contributed by atoms with Crippen molar-refractivity contribution in [3.8, 4) is 5.75 Å². The summed E-state index contributed by atoms with van der Waals surface area (Å²) < 4.78 is 12.7. The molecule has 3 nitrogen and oxygen atoms in total. The molecule has 0 radical (unpaired) electrons. The molecule has 2 aromatic carbocycles. The van der Waals surface area contributed by atoms with Gasteiger partial charge in [0.1, 0.15) is 11.4 Å². The molecule has 0 saturated carbocycles. The summed E-state index contributed by atoms with van der Waals surface area (Å²) in [7, 11) is 0. The lowest BCUT2D eigenvalue weighted by molar-refractivity contribution is -0.171. The molecule has 3 rings (SSSR count). The lowest BCUT2D eigenvalue weighted by Gasteiger charge is -2.39. The summed E-state index contributed by atoms with van der Waals surface area (Å²) in [4.78, 5) is 0. The fourth-order valence-electron chi connectivity index (χ4n) is 3.66. The van der Waals surface area contributed by atoms with E-state index in [0.29, 0.717) is 6.61 Å². The van der Waals surface area contributed by atoms with E-state index in [9.17, 15) is 5.11 Å². The number of rotatable bonds is 4. The van der Waals surface area contributed by atoms with E-state index in [4.69, 9.17) is 9.47 Å². The average molecular weight is 326 g/mol. The normalized spacial score (nSPS) is 21.4. The van der Waals surface area contributed by atoms with Crippen molar-refractivity contribution in [1.82, 2.24) is 0 Å². The Morgan fingerprint density at radius 2 is 1.71 bits per heavy atom. The maximum absolute atomic E-state index is 10.4. The van der Waals surface area contributed by atoms with E-state index in [0.717, 1.165) is 28.0 Å². The Bertz CT molecular complexity index is 749. The van der Waals surface area contributed by atoms with E-state index in [1.54, 1.807) is 0 Å². The Labute approximate surface area is 144 Å². The molecule has 0 bridgehead atoms. The van der Waals surface area contributed by atoms with E-state index >= 15 is 0 Å². The first kappa shape index (κ1) is 17.0. The lowest BCUT2D eigenvalue weighted by atomic mass is 9.79. The highest BCUT2D eigenvalue weighted by molar-refractivity contribution is 5.57. The molecule has 0 spiro atoms. The predicted octanol–water partition coefficient (Wildman–Crippen LogP) is 4.19. The van der Waals surface area contributed by atoms with Gasteiger partial charge in [0.2, 0.25) is 0 Å². The van der Waals surface area contributed by atoms with Gasteiger partial charge in [-0.1, -0.05) is 36.4 Å². The van der Waals surface area contributed by atoms with E-state index in [1.165, 1.54) is 5.56 Å². The molecule has 0 aromatic heterocycles. The van der Waals surface area contributed by atoms with Crippen LogP contribution >= 0.6 is 0 Å². The Morgan fingerprint density at radius 3 is 2.33 bits per heavy atom. The molecule has 1 aliphatic rings. The summed E-state index contributed by atoms with van der Waals surface area (Å²) in [6.07, 6.45) is 0. The molecule has 2 aromatic rings. The maximum Gasteiger partial charge on any atom is 0.159 e. The van der Waals surface area contributed by atoms with E-state index in [-0.39, 0.29) is 6.61 Å². The van der Waals surface area contributed by atoms with Crippen LogP contribution in [0.4, 0.5) is 0 Å². The first-order valence-electron chi connectivity index (χ1n) is 8.41. The van der Waals surface area contributed by atoms with Crippen LogP contribution in [0.3, 0.4) is 0 Å². The minimum absolute atomic E-state index is 0.122. The molecule has 0 aliphatic carbocycles. The van der Waals surface area contributed by atoms with Crippen LogP contribution in [0, 0.1) is 20.8 Å². The zero-order chi connectivity index (χ0) is 17.5. The van der Waals surface area contributed by atoms with Gasteiger partial charge in [0.25, 0.3) is 0 Å². The van der Waals surface area contributed by atoms with E-state index in [1.807, 2.05) is 44.2 Å². The van der Waals surface area contributed by atoms with Gasteiger partial charge in [-0.15, -0.1) is 0 Å². The monoisotopic (exact) mass is 326 g/mol. The highest BCUT2D eigenvalue weighted by Crippen LogP contribution is 2.53. The average Bonchev–Trinajstić information content (AvgIpc) is 2.80. The molecule has 0 fully saturated rings. The third-order valence-electron chi connectivity index (χ3n) is 5.27. The van der Waals surface area contributed by atoms with Crippen molar-refractivity contribution in [3.05, 3.63) is 64.2 Å². The van der Waals surface area contributed by atoms with Crippen molar-refractivity contribution in [2.24, 2.45) is 0 Å². The summed E-state index contributed by atoms with van der Waals surface area (Å²) in [5.74, 6) is 0.861. The van der Waals surface area contributed by atoms with Gasteiger partial charge in [-0.25, -0.2) is 0 Å². The van der Waals surface area contributed by atoms with Gasteiger partial charge >= 0.3 is 0 Å². The fourth-order valence-corrected chi connectivity index (χ4v) is 3.66. The van der Waals surface area contributed by atoms with Crippen LogP contribution in [0.5, 0.6) is 5.75 Å². The van der Waals surface area contributed by atoms with Crippen LogP contribution in [-0.4, -0.2) is 17.3 Å². The van der Waals surface area contributed by atoms with Crippen molar-refractivity contribution in [2.75, 3.05) is 6.61 Å². The quantitative estimate of drug-likeness (QED) is 0.916. The summed E-state index contributed by atoms with van der Waals surface area (Å²) in [5, 5.41) is 10.4. The molecule has 1 aliphatic heterocycles. The molecule has 0 amide bonds. The lowest BCUT2D eigenvalue weighted by Crippen LogP contribution is -2.51. The first-order chi connectivity index (χ1) is 11.3. The number of aryl methyl sites for hydroxylation is 2. The first-order valence-corrected chi connectivity index (χ1v) is 8.41. The second-order valence-electron chi connectivity index (χ2n) is 7.21. The molecular formula is C21H26O3. The molecule has 3 heteroatoms. The van der Waals surface area contributed by atoms with Crippen LogP contribution < -0.4 is 4.74 Å². The highest BCUT2D eigenvalue weighted by atomic mass is 16.6. The van der Waals surface area contributed by atoms with E-state index in [2.05, 4.69) is 26.8 Å². The van der Waals surface area contributed by atoms with Crippen LogP contribution in [0.2, 0.25) is 0 Å². The summed E-state index contributed by atoms with van der Waals surface area (Å²) in [5.41, 5.74) is 3.94. The number of aliphatic hydroxyl groups is 1. The molecule has 128 valence electrons. The summed E-state index contributed by atoms with van der Waals surface area (Å²) >= 11 is 0. The Morgan fingerprint density at radius 1 is 1.04 bits per heavy atom. The smallest absolute Gasteiger partial charge is 0.159 e. The molecule has 0 saturated heterocycles. The van der Waals surface area contributed by atoms with Gasteiger partial charge in [-0.05, 0) is 56.9 Å². The van der Waals surface area contributed by atoms with Crippen molar-refractivity contribution in [1.29, 1.82) is 0 Å². The molecule has 1 unspecified atom stereocenters. The Hall–Kier alpha value is -1.84. The maximum atomic E-state index is 10.4. The van der Waals surface area contributed by atoms with Crippen molar-refractivity contribution in [2.45, 2.75) is 52.4 Å². The molecule has 1 heterocycles. The van der Waals surface area contributed by atoms with E-state index < -0.39 is 11.2 Å². The summed E-state index contributed by atoms with van der Waals surface area (Å²) in [6, 6.07) is 12.2. The molecule has 24 heavy (non-hydrogen) atoms. The number of benzene rings is 2. The third kappa shape index (κ3) is 2.43. The minimum atomic E-state index is -0.874. The Balaban J connectivity index is 2.08. The standard InChI is InChI=1S/C21H26O3/c1-14-11-15(2)18-19(16(14)3)24-20(4,5)21(18,13-22)23-12-17-9-7-6-8-10-17/h6-11,22H,12-13H2,1-5H3. The van der Waals surface area contributed by atoms with Crippen LogP contribution in [-0.2, 0) is 16.9 Å². The largest absolute Gasteiger partial charge is 0.484 e. The zero-order valence-corrected chi connectivity index (χ0v) is 15.1. The number of hydrogen-bond acceptors (Lipinski definition) is 3. The molecular weight excluding hydrogens is 300 g/mol. The predicted molar refractivity (Wildman–Crippen MR) is 95.4 cm³/mol. The highest BCUT2D eigenvalue weighted by Gasteiger charge is 2.57. The van der Waals surface area contributed by atoms with Crippen molar-refractivity contribution >= 4 is 0 Å². The fraction of sp³-hybridized carbons (Fsp3) is 0.429. The molecule has 1 N–H and O–H groups in total. The van der Waals surface area contributed by atoms with Gasteiger partial charge in [0.15, 0.2) is 5.60 Å². The zero-order valence-electron chi connectivity index (χ0n) is 15.1.